The first-order valence-corrected chi connectivity index (χ1v) is 12.4. The van der Waals surface area contributed by atoms with E-state index in [1.165, 1.54) is 12.1 Å². The van der Waals surface area contributed by atoms with E-state index in [-0.39, 0.29) is 57.4 Å². The highest BCUT2D eigenvalue weighted by molar-refractivity contribution is 6.34. The van der Waals surface area contributed by atoms with Crippen LogP contribution in [0.3, 0.4) is 0 Å². The number of halogens is 2. The lowest BCUT2D eigenvalue weighted by atomic mass is 9.92. The average Bonchev–Trinajstić information content (AvgIpc) is 2.92. The predicted molar refractivity (Wildman–Crippen MR) is 147 cm³/mol. The van der Waals surface area contributed by atoms with Crippen LogP contribution in [0.15, 0.2) is 60.7 Å². The number of hydrogen-bond donors (Lipinski definition) is 2. The van der Waals surface area contributed by atoms with E-state index < -0.39 is 0 Å². The monoisotopic (exact) mass is 550 g/mol. The van der Waals surface area contributed by atoms with E-state index in [2.05, 4.69) is 0 Å². The second kappa shape index (κ2) is 11.6. The van der Waals surface area contributed by atoms with Crippen LogP contribution in [0.2, 0.25) is 10.0 Å². The van der Waals surface area contributed by atoms with Crippen molar-refractivity contribution in [2.45, 2.75) is 27.1 Å². The predicted octanol–water partition coefficient (Wildman–Crippen LogP) is 7.47. The van der Waals surface area contributed by atoms with Crippen LogP contribution < -0.4 is 9.47 Å². The highest BCUT2D eigenvalue weighted by Crippen LogP contribution is 2.38. The van der Waals surface area contributed by atoms with Crippen LogP contribution in [-0.2, 0) is 13.2 Å². The molecule has 4 aromatic carbocycles. The molecule has 0 heterocycles. The number of carbonyl (C=O) groups excluding carboxylic acids is 2. The van der Waals surface area contributed by atoms with Gasteiger partial charge in [0, 0.05) is 0 Å². The number of aromatic hydroxyl groups is 2. The lowest BCUT2D eigenvalue weighted by Gasteiger charge is -2.17. The number of benzene rings is 4. The van der Waals surface area contributed by atoms with Crippen LogP contribution in [0, 0.1) is 13.8 Å². The third-order valence-electron chi connectivity index (χ3n) is 6.43. The topological polar surface area (TPSA) is 93.1 Å². The molecule has 0 amide bonds. The molecule has 8 heteroatoms. The first-order chi connectivity index (χ1) is 18.3. The zero-order valence-corrected chi connectivity index (χ0v) is 22.1. The summed E-state index contributed by atoms with van der Waals surface area (Å²) in [5, 5.41) is 20.1. The number of rotatable bonds is 9. The van der Waals surface area contributed by atoms with Crippen molar-refractivity contribution in [2.75, 3.05) is 0 Å². The molecule has 0 fully saturated rings. The molecule has 0 bridgehead atoms. The molecule has 0 saturated heterocycles. The molecule has 4 rings (SSSR count). The van der Waals surface area contributed by atoms with Crippen molar-refractivity contribution >= 4 is 35.8 Å². The van der Waals surface area contributed by atoms with Gasteiger partial charge >= 0.3 is 0 Å². The highest BCUT2D eigenvalue weighted by Gasteiger charge is 2.16. The summed E-state index contributed by atoms with van der Waals surface area (Å²) in [7, 11) is 0. The van der Waals surface area contributed by atoms with Gasteiger partial charge in [-0.05, 0) is 71.5 Å². The minimum Gasteiger partial charge on any atom is -0.505 e. The van der Waals surface area contributed by atoms with E-state index in [4.69, 9.17) is 32.7 Å². The minimum absolute atomic E-state index is 0.0128. The lowest BCUT2D eigenvalue weighted by molar-refractivity contribution is 0.111. The first kappa shape index (κ1) is 27.0. The third-order valence-corrected chi connectivity index (χ3v) is 7.16. The molecule has 0 aliphatic carbocycles. The number of phenols is 2. The molecule has 2 N–H and O–H groups in total. The summed E-state index contributed by atoms with van der Waals surface area (Å²) in [6.07, 6.45) is 1.06. The molecule has 0 aromatic heterocycles. The summed E-state index contributed by atoms with van der Waals surface area (Å²) in [6.45, 7) is 4.42. The number of hydrogen-bond acceptors (Lipinski definition) is 6. The van der Waals surface area contributed by atoms with Gasteiger partial charge in [-0.1, -0.05) is 59.6 Å². The number of carbonyl (C=O) groups is 2. The molecule has 0 atom stereocenters. The zero-order valence-electron chi connectivity index (χ0n) is 20.6. The summed E-state index contributed by atoms with van der Waals surface area (Å²) >= 11 is 12.3. The van der Waals surface area contributed by atoms with Crippen LogP contribution >= 0.6 is 23.2 Å². The Bertz CT molecular complexity index is 1420. The number of ether oxygens (including phenoxy) is 2. The maximum atomic E-state index is 11.0. The summed E-state index contributed by atoms with van der Waals surface area (Å²) < 4.78 is 11.7. The van der Waals surface area contributed by atoms with Crippen molar-refractivity contribution in [1.82, 2.24) is 0 Å². The molecule has 6 nitrogen and oxygen atoms in total. The maximum Gasteiger partial charge on any atom is 0.153 e. The van der Waals surface area contributed by atoms with Crippen LogP contribution in [0.25, 0.3) is 11.1 Å². The van der Waals surface area contributed by atoms with Gasteiger partial charge in [-0.2, -0.15) is 0 Å². The van der Waals surface area contributed by atoms with Gasteiger partial charge in [0.05, 0.1) is 11.1 Å². The molecule has 0 unspecified atom stereocenters. The second-order valence-corrected chi connectivity index (χ2v) is 9.38. The van der Waals surface area contributed by atoms with E-state index in [1.54, 1.807) is 12.1 Å². The molecule has 0 spiro atoms. The largest absolute Gasteiger partial charge is 0.505 e. The molecule has 0 aliphatic rings. The van der Waals surface area contributed by atoms with E-state index in [0.717, 1.165) is 33.4 Å². The van der Waals surface area contributed by atoms with E-state index in [1.807, 2.05) is 50.2 Å². The van der Waals surface area contributed by atoms with Crippen molar-refractivity contribution in [3.63, 3.8) is 0 Å². The van der Waals surface area contributed by atoms with Gasteiger partial charge in [0.25, 0.3) is 0 Å². The van der Waals surface area contributed by atoms with Gasteiger partial charge in [-0.25, -0.2) is 0 Å². The Hall–Kier alpha value is -4.00. The Morgan fingerprint density at radius 3 is 1.42 bits per heavy atom. The third kappa shape index (κ3) is 5.32. The first-order valence-electron chi connectivity index (χ1n) is 11.6. The van der Waals surface area contributed by atoms with Crippen molar-refractivity contribution in [2.24, 2.45) is 0 Å². The van der Waals surface area contributed by atoms with Crippen LogP contribution in [0.4, 0.5) is 0 Å². The average molecular weight is 551 g/mol. The quantitative estimate of drug-likeness (QED) is 0.210. The summed E-state index contributed by atoms with van der Waals surface area (Å²) in [6, 6.07) is 17.8. The summed E-state index contributed by atoms with van der Waals surface area (Å²) in [4.78, 5) is 22.0. The normalized spacial score (nSPS) is 10.7. The number of phenolic OH excluding ortho intramolecular Hbond substituents is 2. The molecular weight excluding hydrogens is 527 g/mol. The zero-order chi connectivity index (χ0) is 27.4. The van der Waals surface area contributed by atoms with E-state index in [9.17, 15) is 19.8 Å². The van der Waals surface area contributed by atoms with Crippen molar-refractivity contribution in [3.05, 3.63) is 104 Å². The van der Waals surface area contributed by atoms with Gasteiger partial charge in [-0.15, -0.1) is 0 Å². The van der Waals surface area contributed by atoms with Crippen molar-refractivity contribution in [3.8, 4) is 34.1 Å². The Morgan fingerprint density at radius 2 is 1.05 bits per heavy atom. The Kier molecular flexibility index (Phi) is 8.25. The summed E-state index contributed by atoms with van der Waals surface area (Å²) in [5.41, 5.74) is 6.09. The van der Waals surface area contributed by atoms with Gasteiger partial charge in [-0.3, -0.25) is 9.59 Å². The molecule has 0 saturated carbocycles. The van der Waals surface area contributed by atoms with Gasteiger partial charge < -0.3 is 19.7 Å². The molecule has 4 aromatic rings. The fourth-order valence-corrected chi connectivity index (χ4v) is 4.56. The van der Waals surface area contributed by atoms with Gasteiger partial charge in [0.1, 0.15) is 46.3 Å². The molecule has 0 radical (unpaired) electrons. The minimum atomic E-state index is -0.310. The van der Waals surface area contributed by atoms with Crippen LogP contribution in [-0.4, -0.2) is 22.8 Å². The second-order valence-electron chi connectivity index (χ2n) is 8.62. The Morgan fingerprint density at radius 1 is 0.658 bits per heavy atom. The van der Waals surface area contributed by atoms with E-state index in [0.29, 0.717) is 12.6 Å². The molecule has 38 heavy (non-hydrogen) atoms. The highest BCUT2D eigenvalue weighted by atomic mass is 35.5. The Balaban J connectivity index is 1.56. The Labute approximate surface area is 230 Å². The van der Waals surface area contributed by atoms with Crippen molar-refractivity contribution in [1.29, 1.82) is 0 Å². The number of aldehydes is 2. The van der Waals surface area contributed by atoms with Gasteiger partial charge in [0.15, 0.2) is 12.6 Å². The fraction of sp³-hybridized carbons (Fsp3) is 0.133. The SMILES string of the molecule is Cc1c(COc2ccc(C=O)c(O)c2Cl)cccc1-c1cccc(COc2ccc(C=O)c(O)c2Cl)c1C. The van der Waals surface area contributed by atoms with Crippen LogP contribution in [0.1, 0.15) is 43.0 Å². The fourth-order valence-electron chi connectivity index (χ4n) is 4.11. The molecular formula is C30H24Cl2O6. The van der Waals surface area contributed by atoms with Gasteiger partial charge in [0.2, 0.25) is 0 Å². The standard InChI is InChI=1S/C30H24Cl2O6/c1-17-21(15-37-25-11-9-19(13-33)29(35)27(25)31)5-3-7-23(17)24-8-4-6-22(18(24)2)16-38-26-12-10-20(14-34)30(36)28(26)32/h3-14,35-36H,15-16H2,1-2H3. The molecule has 0 aliphatic heterocycles. The van der Waals surface area contributed by atoms with Crippen molar-refractivity contribution < 1.29 is 29.3 Å². The lowest BCUT2D eigenvalue weighted by Crippen LogP contribution is -2.02. The smallest absolute Gasteiger partial charge is 0.153 e. The summed E-state index contributed by atoms with van der Waals surface area (Å²) in [5.74, 6) is -0.0625. The maximum absolute atomic E-state index is 11.0. The van der Waals surface area contributed by atoms with E-state index >= 15 is 0 Å². The van der Waals surface area contributed by atoms with Crippen LogP contribution in [0.5, 0.6) is 23.0 Å². The molecule has 194 valence electrons.